The second kappa shape index (κ2) is 5.27. The zero-order valence-electron chi connectivity index (χ0n) is 10.3. The molecule has 0 unspecified atom stereocenters. The van der Waals surface area contributed by atoms with E-state index in [1.807, 2.05) is 13.8 Å². The van der Waals surface area contributed by atoms with E-state index < -0.39 is 10.2 Å². The lowest BCUT2D eigenvalue weighted by molar-refractivity contribution is 0.564. The lowest BCUT2D eigenvalue weighted by atomic mass is 10.2. The van der Waals surface area contributed by atoms with Gasteiger partial charge < -0.3 is 4.98 Å². The van der Waals surface area contributed by atoms with Gasteiger partial charge >= 0.3 is 10.2 Å². The van der Waals surface area contributed by atoms with Crippen molar-refractivity contribution < 1.29 is 8.42 Å². The van der Waals surface area contributed by atoms with E-state index in [9.17, 15) is 8.42 Å². The van der Waals surface area contributed by atoms with Crippen LogP contribution in [0.4, 0.5) is 5.95 Å². The molecule has 8 nitrogen and oxygen atoms in total. The molecule has 2 rings (SSSR count). The Bertz CT molecular complexity index is 683. The fourth-order valence-corrected chi connectivity index (χ4v) is 2.45. The van der Waals surface area contributed by atoms with Gasteiger partial charge in [-0.05, 0) is 5.92 Å². The summed E-state index contributed by atoms with van der Waals surface area (Å²) in [4.78, 5) is 14.4. The molecule has 19 heavy (non-hydrogen) atoms. The molecule has 0 aliphatic heterocycles. The van der Waals surface area contributed by atoms with Crippen LogP contribution in [0.15, 0.2) is 6.33 Å². The Labute approximate surface area is 115 Å². The topological polar surface area (TPSA) is 113 Å². The van der Waals surface area contributed by atoms with E-state index in [-0.39, 0.29) is 17.0 Å². The number of nitrogens with one attached hydrogen (secondary N) is 3. The summed E-state index contributed by atoms with van der Waals surface area (Å²) in [6, 6.07) is 0. The minimum atomic E-state index is -3.72. The lowest BCUT2D eigenvalue weighted by Crippen LogP contribution is -2.33. The van der Waals surface area contributed by atoms with Crippen molar-refractivity contribution in [2.75, 3.05) is 11.3 Å². The Morgan fingerprint density at radius 3 is 2.84 bits per heavy atom. The van der Waals surface area contributed by atoms with Crippen LogP contribution < -0.4 is 9.44 Å². The van der Waals surface area contributed by atoms with Crippen molar-refractivity contribution in [1.82, 2.24) is 24.7 Å². The fourth-order valence-electron chi connectivity index (χ4n) is 1.28. The molecule has 0 atom stereocenters. The third-order valence-corrected chi connectivity index (χ3v) is 3.42. The van der Waals surface area contributed by atoms with Gasteiger partial charge in [0.15, 0.2) is 10.8 Å². The number of aromatic amines is 1. The highest BCUT2D eigenvalue weighted by Crippen LogP contribution is 2.18. The normalized spacial score (nSPS) is 12.2. The monoisotopic (exact) mass is 304 g/mol. The van der Waals surface area contributed by atoms with Crippen molar-refractivity contribution in [2.45, 2.75) is 13.8 Å². The summed E-state index contributed by atoms with van der Waals surface area (Å²) < 4.78 is 28.0. The molecule has 0 saturated carbocycles. The van der Waals surface area contributed by atoms with Gasteiger partial charge in [-0.1, -0.05) is 25.4 Å². The molecule has 0 radical (unpaired) electrons. The summed E-state index contributed by atoms with van der Waals surface area (Å²) in [6.45, 7) is 4.10. The van der Waals surface area contributed by atoms with Gasteiger partial charge in [-0.25, -0.2) is 9.71 Å². The van der Waals surface area contributed by atoms with Crippen molar-refractivity contribution in [3.05, 3.63) is 11.5 Å². The molecule has 0 aliphatic carbocycles. The number of halogens is 1. The minimum absolute atomic E-state index is 0.101. The van der Waals surface area contributed by atoms with Gasteiger partial charge in [-0.15, -0.1) is 0 Å². The van der Waals surface area contributed by atoms with Gasteiger partial charge in [0.1, 0.15) is 5.52 Å². The maximum absolute atomic E-state index is 11.7. The molecule has 0 amide bonds. The SMILES string of the molecule is CC(C)CNS(=O)(=O)Nc1nc(Cl)c2[nH]cnc2n1. The Hall–Kier alpha value is -1.45. The van der Waals surface area contributed by atoms with E-state index in [0.29, 0.717) is 17.7 Å². The summed E-state index contributed by atoms with van der Waals surface area (Å²) in [5.41, 5.74) is 0.751. The summed E-state index contributed by atoms with van der Waals surface area (Å²) in [7, 11) is -3.72. The van der Waals surface area contributed by atoms with Gasteiger partial charge in [0.2, 0.25) is 5.95 Å². The molecule has 2 aromatic heterocycles. The molecule has 0 bridgehead atoms. The fraction of sp³-hybridized carbons (Fsp3) is 0.444. The Balaban J connectivity index is 2.21. The predicted molar refractivity (Wildman–Crippen MR) is 72.1 cm³/mol. The number of anilines is 1. The second-order valence-corrected chi connectivity index (χ2v) is 6.14. The molecular weight excluding hydrogens is 292 g/mol. The maximum atomic E-state index is 11.7. The van der Waals surface area contributed by atoms with Crippen LogP contribution in [0.5, 0.6) is 0 Å². The number of H-pyrrole nitrogens is 1. The van der Waals surface area contributed by atoms with Crippen LogP contribution >= 0.6 is 11.6 Å². The summed E-state index contributed by atoms with van der Waals surface area (Å²) in [6.07, 6.45) is 1.40. The number of hydrogen-bond acceptors (Lipinski definition) is 5. The van der Waals surface area contributed by atoms with Crippen molar-refractivity contribution in [1.29, 1.82) is 0 Å². The summed E-state index contributed by atoms with van der Waals surface area (Å²) in [5.74, 6) is 0.0655. The van der Waals surface area contributed by atoms with Crippen molar-refractivity contribution in [3.63, 3.8) is 0 Å². The van der Waals surface area contributed by atoms with E-state index in [1.54, 1.807) is 0 Å². The van der Waals surface area contributed by atoms with Crippen LogP contribution in [0.3, 0.4) is 0 Å². The first-order valence-corrected chi connectivity index (χ1v) is 7.37. The van der Waals surface area contributed by atoms with E-state index >= 15 is 0 Å². The molecule has 2 aromatic rings. The largest absolute Gasteiger partial charge is 0.341 e. The third kappa shape index (κ3) is 3.52. The predicted octanol–water partition coefficient (Wildman–Crippen LogP) is 0.909. The van der Waals surface area contributed by atoms with Crippen LogP contribution in [0.2, 0.25) is 5.15 Å². The highest BCUT2D eigenvalue weighted by molar-refractivity contribution is 7.90. The first kappa shape index (κ1) is 14.0. The number of aromatic nitrogens is 4. The summed E-state index contributed by atoms with van der Waals surface area (Å²) >= 11 is 5.88. The Kier molecular flexibility index (Phi) is 3.88. The molecule has 3 N–H and O–H groups in total. The molecule has 0 spiro atoms. The Morgan fingerprint density at radius 2 is 2.16 bits per heavy atom. The first-order valence-electron chi connectivity index (χ1n) is 5.51. The average molecular weight is 305 g/mol. The average Bonchev–Trinajstić information content (AvgIpc) is 2.74. The van der Waals surface area contributed by atoms with Gasteiger partial charge in [-0.2, -0.15) is 23.1 Å². The number of imidazole rings is 1. The minimum Gasteiger partial charge on any atom is -0.341 e. The summed E-state index contributed by atoms with van der Waals surface area (Å²) in [5, 5.41) is 0.101. The van der Waals surface area contributed by atoms with E-state index in [0.717, 1.165) is 0 Å². The smallest absolute Gasteiger partial charge is 0.301 e. The standard InChI is InChI=1S/C9H13ClN6O2S/c1-5(2)3-13-19(17,18)16-9-14-7(10)6-8(15-9)12-4-11-6/h4-5,13H,3H2,1-2H3,(H2,11,12,14,15,16). The highest BCUT2D eigenvalue weighted by Gasteiger charge is 2.14. The molecule has 0 aliphatic rings. The second-order valence-electron chi connectivity index (χ2n) is 4.29. The van der Waals surface area contributed by atoms with Gasteiger partial charge in [0.05, 0.1) is 6.33 Å². The number of rotatable bonds is 5. The van der Waals surface area contributed by atoms with Gasteiger partial charge in [0, 0.05) is 6.54 Å². The van der Waals surface area contributed by atoms with Crippen LogP contribution in [-0.4, -0.2) is 34.9 Å². The first-order chi connectivity index (χ1) is 8.87. The number of nitrogens with zero attached hydrogens (tertiary/aromatic N) is 3. The van der Waals surface area contributed by atoms with E-state index in [1.165, 1.54) is 6.33 Å². The lowest BCUT2D eigenvalue weighted by Gasteiger charge is -2.09. The number of hydrogen-bond donors (Lipinski definition) is 3. The number of fused-ring (bicyclic) bond motifs is 1. The maximum Gasteiger partial charge on any atom is 0.301 e. The van der Waals surface area contributed by atoms with Crippen LogP contribution in [0, 0.1) is 5.92 Å². The third-order valence-electron chi connectivity index (χ3n) is 2.15. The van der Waals surface area contributed by atoms with Gasteiger partial charge in [-0.3, -0.25) is 0 Å². The molecule has 0 aromatic carbocycles. The zero-order chi connectivity index (χ0) is 14.0. The van der Waals surface area contributed by atoms with Crippen molar-refractivity contribution >= 4 is 38.9 Å². The van der Waals surface area contributed by atoms with Crippen LogP contribution in [-0.2, 0) is 10.2 Å². The van der Waals surface area contributed by atoms with Crippen LogP contribution in [0.1, 0.15) is 13.8 Å². The molecule has 0 fully saturated rings. The highest BCUT2D eigenvalue weighted by atomic mass is 35.5. The molecular formula is C9H13ClN6O2S. The molecule has 2 heterocycles. The van der Waals surface area contributed by atoms with Crippen molar-refractivity contribution in [3.8, 4) is 0 Å². The van der Waals surface area contributed by atoms with Crippen LogP contribution in [0.25, 0.3) is 11.2 Å². The quantitative estimate of drug-likeness (QED) is 0.711. The molecule has 10 heteroatoms. The van der Waals surface area contributed by atoms with Gasteiger partial charge in [0.25, 0.3) is 0 Å². The van der Waals surface area contributed by atoms with Crippen molar-refractivity contribution in [2.24, 2.45) is 5.92 Å². The van der Waals surface area contributed by atoms with E-state index in [2.05, 4.69) is 29.4 Å². The molecule has 0 saturated heterocycles. The molecule has 104 valence electrons. The zero-order valence-corrected chi connectivity index (χ0v) is 11.9. The van der Waals surface area contributed by atoms with E-state index in [4.69, 9.17) is 11.6 Å². The Morgan fingerprint density at radius 1 is 1.42 bits per heavy atom.